The Morgan fingerprint density at radius 1 is 1.07 bits per heavy atom. The molecule has 7 nitrogen and oxygen atoms in total. The summed E-state index contributed by atoms with van der Waals surface area (Å²) in [7, 11) is 0. The van der Waals surface area contributed by atoms with Gasteiger partial charge in [0, 0.05) is 31.1 Å². The van der Waals surface area contributed by atoms with Crippen molar-refractivity contribution in [1.29, 1.82) is 0 Å². The number of nitrogens with zero attached hydrogens (tertiary/aromatic N) is 4. The molecule has 1 N–H and O–H groups in total. The highest BCUT2D eigenvalue weighted by molar-refractivity contribution is 6.04. The van der Waals surface area contributed by atoms with E-state index >= 15 is 8.78 Å². The van der Waals surface area contributed by atoms with Crippen LogP contribution in [-0.4, -0.2) is 70.6 Å². The number of anilines is 1. The first-order valence-corrected chi connectivity index (χ1v) is 16.3. The average Bonchev–Trinajstić information content (AvgIpc) is 3.38. The number of rotatable bonds is 5. The molecule has 0 bridgehead atoms. The number of pyridine rings is 2. The van der Waals surface area contributed by atoms with E-state index in [1.165, 1.54) is 12.1 Å². The van der Waals surface area contributed by atoms with Crippen LogP contribution < -0.4 is 14.4 Å². The zero-order chi connectivity index (χ0) is 30.9. The molecule has 6 heterocycles. The van der Waals surface area contributed by atoms with Gasteiger partial charge in [0.1, 0.15) is 42.2 Å². The molecule has 8 rings (SSSR count). The number of aromatic nitrogens is 2. The Labute approximate surface area is 260 Å². The Hall–Kier alpha value is -3.79. The first-order chi connectivity index (χ1) is 21.8. The first kappa shape index (κ1) is 28.7. The number of aromatic hydroxyl groups is 1. The molecule has 3 atom stereocenters. The molecule has 3 saturated heterocycles. The van der Waals surface area contributed by atoms with Crippen molar-refractivity contribution in [1.82, 2.24) is 14.9 Å². The van der Waals surface area contributed by atoms with Crippen LogP contribution >= 0.6 is 0 Å². The lowest BCUT2D eigenvalue weighted by Crippen LogP contribution is -2.43. The Balaban J connectivity index is 1.33. The van der Waals surface area contributed by atoms with E-state index in [0.29, 0.717) is 47.7 Å². The fourth-order valence-corrected chi connectivity index (χ4v) is 8.31. The monoisotopic (exact) mass is 618 g/mol. The number of phenolic OH excluding ortho intramolecular Hbond substituents is 1. The number of ether oxygens (including phenoxy) is 2. The van der Waals surface area contributed by atoms with E-state index in [0.717, 1.165) is 57.3 Å². The van der Waals surface area contributed by atoms with E-state index in [4.69, 9.17) is 19.4 Å². The number of aryl methyl sites for hydroxylation is 1. The van der Waals surface area contributed by atoms with Gasteiger partial charge in [0.15, 0.2) is 5.82 Å². The van der Waals surface area contributed by atoms with Gasteiger partial charge in [-0.25, -0.2) is 23.1 Å². The van der Waals surface area contributed by atoms with E-state index in [1.807, 2.05) is 13.0 Å². The molecule has 0 saturated carbocycles. The third-order valence-corrected chi connectivity index (χ3v) is 10.4. The SMILES string of the molecule is CCc1c(F)ccc2cc(O)cc(-c3nc4c5c(cc(OC[C@@]67CCCN6CC(F)C7)nc5c3F)N3CCCCCC3CO4)c12. The Morgan fingerprint density at radius 2 is 1.96 bits per heavy atom. The van der Waals surface area contributed by atoms with Crippen LogP contribution in [0.1, 0.15) is 57.4 Å². The second kappa shape index (κ2) is 10.9. The van der Waals surface area contributed by atoms with Crippen molar-refractivity contribution in [3.63, 3.8) is 0 Å². The average molecular weight is 619 g/mol. The van der Waals surface area contributed by atoms with E-state index in [-0.39, 0.29) is 52.5 Å². The van der Waals surface area contributed by atoms with Crippen LogP contribution in [-0.2, 0) is 6.42 Å². The van der Waals surface area contributed by atoms with Crippen LogP contribution in [0.4, 0.5) is 18.9 Å². The molecule has 236 valence electrons. The van der Waals surface area contributed by atoms with Crippen LogP contribution in [0.3, 0.4) is 0 Å². The van der Waals surface area contributed by atoms with E-state index in [1.54, 1.807) is 12.1 Å². The van der Waals surface area contributed by atoms with Gasteiger partial charge in [-0.1, -0.05) is 25.8 Å². The van der Waals surface area contributed by atoms with Crippen molar-refractivity contribution < 1.29 is 27.8 Å². The maximum atomic E-state index is 17.0. The van der Waals surface area contributed by atoms with Gasteiger partial charge in [0.25, 0.3) is 0 Å². The minimum atomic E-state index is -0.887. The second-order valence-electron chi connectivity index (χ2n) is 13.1. The fourth-order valence-electron chi connectivity index (χ4n) is 8.31. The molecular weight excluding hydrogens is 581 g/mol. The van der Waals surface area contributed by atoms with Crippen molar-refractivity contribution in [3.05, 3.63) is 47.5 Å². The summed E-state index contributed by atoms with van der Waals surface area (Å²) in [4.78, 5) is 13.9. The molecule has 0 radical (unpaired) electrons. The fraction of sp³-hybridized carbons (Fsp3) is 0.486. The highest BCUT2D eigenvalue weighted by atomic mass is 19.1. The molecule has 2 aromatic carbocycles. The number of phenols is 1. The van der Waals surface area contributed by atoms with Gasteiger partial charge in [0.05, 0.1) is 22.7 Å². The molecule has 10 heteroatoms. The third kappa shape index (κ3) is 4.66. The lowest BCUT2D eigenvalue weighted by atomic mass is 9.94. The van der Waals surface area contributed by atoms with Gasteiger partial charge >= 0.3 is 0 Å². The molecule has 0 spiro atoms. The van der Waals surface area contributed by atoms with E-state index in [2.05, 4.69) is 9.80 Å². The van der Waals surface area contributed by atoms with Crippen LogP contribution in [0.15, 0.2) is 30.3 Å². The highest BCUT2D eigenvalue weighted by Crippen LogP contribution is 2.46. The van der Waals surface area contributed by atoms with Gasteiger partial charge in [0.2, 0.25) is 11.8 Å². The Bertz CT molecular complexity index is 1820. The van der Waals surface area contributed by atoms with Crippen LogP contribution in [0.2, 0.25) is 0 Å². The molecule has 0 amide bonds. The lowest BCUT2D eigenvalue weighted by Gasteiger charge is -2.32. The number of hydrogen-bond acceptors (Lipinski definition) is 7. The van der Waals surface area contributed by atoms with Crippen LogP contribution in [0.5, 0.6) is 17.5 Å². The normalized spacial score (nSPS) is 24.8. The minimum Gasteiger partial charge on any atom is -0.508 e. The van der Waals surface area contributed by atoms with Crippen molar-refractivity contribution in [2.45, 2.75) is 76.0 Å². The zero-order valence-electron chi connectivity index (χ0n) is 25.4. The molecule has 4 aliphatic heterocycles. The van der Waals surface area contributed by atoms with Gasteiger partial charge in [-0.3, -0.25) is 4.90 Å². The predicted molar refractivity (Wildman–Crippen MR) is 167 cm³/mol. The molecule has 45 heavy (non-hydrogen) atoms. The lowest BCUT2D eigenvalue weighted by molar-refractivity contribution is 0.111. The van der Waals surface area contributed by atoms with Crippen molar-refractivity contribution >= 4 is 27.4 Å². The summed E-state index contributed by atoms with van der Waals surface area (Å²) in [6, 6.07) is 7.85. The smallest absolute Gasteiger partial charge is 0.225 e. The summed E-state index contributed by atoms with van der Waals surface area (Å²) in [6.45, 7) is 4.53. The maximum Gasteiger partial charge on any atom is 0.225 e. The predicted octanol–water partition coefficient (Wildman–Crippen LogP) is 7.09. The second-order valence-corrected chi connectivity index (χ2v) is 13.1. The first-order valence-electron chi connectivity index (χ1n) is 16.3. The van der Waals surface area contributed by atoms with E-state index < -0.39 is 17.8 Å². The molecule has 4 aromatic rings. The summed E-state index contributed by atoms with van der Waals surface area (Å²) in [6.07, 6.45) is 5.83. The van der Waals surface area contributed by atoms with Gasteiger partial charge < -0.3 is 19.5 Å². The van der Waals surface area contributed by atoms with Gasteiger partial charge in [-0.15, -0.1) is 0 Å². The standard InChI is InChI=1S/C35H37F3N4O3/c1-2-24-26(37)9-8-20-13-23(43)14-25(29(20)24)32-31(38)33-30-27(42-12-5-3-4-7-22(42)18-44-34(30)40-32)15-28(39-33)45-19-35-10-6-11-41(35)17-21(36)16-35/h8-9,13-15,21-22,43H,2-7,10-12,16-19H2,1H3/t21?,22?,35-/m0/s1. The highest BCUT2D eigenvalue weighted by Gasteiger charge is 2.49. The molecule has 2 unspecified atom stereocenters. The van der Waals surface area contributed by atoms with Gasteiger partial charge in [-0.05, 0) is 73.2 Å². The summed E-state index contributed by atoms with van der Waals surface area (Å²) in [5.41, 5.74) is 1.06. The van der Waals surface area contributed by atoms with Crippen molar-refractivity contribution in [2.75, 3.05) is 37.7 Å². The molecule has 0 aliphatic carbocycles. The van der Waals surface area contributed by atoms with Crippen molar-refractivity contribution in [3.8, 4) is 28.8 Å². The van der Waals surface area contributed by atoms with Crippen molar-refractivity contribution in [2.24, 2.45) is 0 Å². The zero-order valence-corrected chi connectivity index (χ0v) is 25.4. The molecular formula is C35H37F3N4O3. The van der Waals surface area contributed by atoms with Gasteiger partial charge in [-0.2, -0.15) is 0 Å². The molecule has 3 fully saturated rings. The molecule has 2 aromatic heterocycles. The van der Waals surface area contributed by atoms with Crippen LogP contribution in [0, 0.1) is 11.6 Å². The number of fused-ring (bicyclic) bond motifs is 4. The maximum absolute atomic E-state index is 17.0. The van der Waals surface area contributed by atoms with Crippen LogP contribution in [0.25, 0.3) is 32.9 Å². The quantitative estimate of drug-likeness (QED) is 0.256. The summed E-state index contributed by atoms with van der Waals surface area (Å²) < 4.78 is 59.3. The summed E-state index contributed by atoms with van der Waals surface area (Å²) >= 11 is 0. The van der Waals surface area contributed by atoms with E-state index in [9.17, 15) is 9.50 Å². The topological polar surface area (TPSA) is 71.0 Å². The largest absolute Gasteiger partial charge is 0.508 e. The number of alkyl halides is 1. The molecule has 4 aliphatic rings. The summed E-state index contributed by atoms with van der Waals surface area (Å²) in [5, 5.41) is 12.2. The minimum absolute atomic E-state index is 0.0499. The number of hydrogen-bond donors (Lipinski definition) is 1. The Kier molecular flexibility index (Phi) is 6.96. The third-order valence-electron chi connectivity index (χ3n) is 10.4. The Morgan fingerprint density at radius 3 is 2.82 bits per heavy atom. The number of benzene rings is 2. The summed E-state index contributed by atoms with van der Waals surface area (Å²) in [5.74, 6) is -0.651. The number of halogens is 3.